The number of pyridine rings is 1. The van der Waals surface area contributed by atoms with Crippen molar-refractivity contribution >= 4 is 5.91 Å². The predicted octanol–water partition coefficient (Wildman–Crippen LogP) is 1.44. The number of carbonyl (C=O) groups excluding carboxylic acids is 1. The Kier molecular flexibility index (Phi) is 4.24. The summed E-state index contributed by atoms with van der Waals surface area (Å²) in [5, 5.41) is 15.9. The van der Waals surface area contributed by atoms with E-state index >= 15 is 0 Å². The van der Waals surface area contributed by atoms with Crippen LogP contribution in [0.4, 0.5) is 0 Å². The van der Waals surface area contributed by atoms with Crippen LogP contribution in [0.1, 0.15) is 46.6 Å². The van der Waals surface area contributed by atoms with Gasteiger partial charge in [-0.2, -0.15) is 5.10 Å². The van der Waals surface area contributed by atoms with Crippen molar-refractivity contribution in [3.05, 3.63) is 59.7 Å². The van der Waals surface area contributed by atoms with Gasteiger partial charge in [0.25, 0.3) is 5.91 Å². The lowest BCUT2D eigenvalue weighted by Gasteiger charge is -2.34. The van der Waals surface area contributed by atoms with Gasteiger partial charge in [0.1, 0.15) is 18.1 Å². The maximum Gasteiger partial charge on any atom is 0.270 e. The Balaban J connectivity index is 1.35. The van der Waals surface area contributed by atoms with E-state index in [0.29, 0.717) is 18.2 Å². The van der Waals surface area contributed by atoms with Gasteiger partial charge in [0, 0.05) is 37.1 Å². The SMILES string of the molecule is Cc1cccc(C(=O)NC2CC(c3nnc(Cn4cccn4)n3C)C2)n1. The highest BCUT2D eigenvalue weighted by molar-refractivity contribution is 5.92. The van der Waals surface area contributed by atoms with Crippen LogP contribution in [0.15, 0.2) is 36.7 Å². The minimum absolute atomic E-state index is 0.116. The highest BCUT2D eigenvalue weighted by Gasteiger charge is 2.35. The van der Waals surface area contributed by atoms with E-state index < -0.39 is 0 Å². The van der Waals surface area contributed by atoms with Crippen LogP contribution < -0.4 is 5.32 Å². The van der Waals surface area contributed by atoms with Crippen LogP contribution in [0, 0.1) is 6.92 Å². The Hall–Kier alpha value is -3.03. The lowest BCUT2D eigenvalue weighted by molar-refractivity contribution is 0.0901. The van der Waals surface area contributed by atoms with Gasteiger partial charge in [0.2, 0.25) is 0 Å². The van der Waals surface area contributed by atoms with Crippen molar-refractivity contribution in [2.45, 2.75) is 38.3 Å². The average Bonchev–Trinajstić information content (AvgIpc) is 3.22. The molecule has 0 atom stereocenters. The molecule has 1 N–H and O–H groups in total. The zero-order valence-corrected chi connectivity index (χ0v) is 14.8. The summed E-state index contributed by atoms with van der Waals surface area (Å²) >= 11 is 0. The van der Waals surface area contributed by atoms with Crippen molar-refractivity contribution in [3.8, 4) is 0 Å². The Morgan fingerprint density at radius 3 is 2.85 bits per heavy atom. The van der Waals surface area contributed by atoms with Crippen LogP contribution in [0.5, 0.6) is 0 Å². The van der Waals surface area contributed by atoms with Crippen molar-refractivity contribution in [3.63, 3.8) is 0 Å². The van der Waals surface area contributed by atoms with Gasteiger partial charge in [0.15, 0.2) is 5.82 Å². The minimum atomic E-state index is -0.116. The third-order valence-corrected chi connectivity index (χ3v) is 4.82. The smallest absolute Gasteiger partial charge is 0.270 e. The van der Waals surface area contributed by atoms with Gasteiger partial charge < -0.3 is 9.88 Å². The lowest BCUT2D eigenvalue weighted by atomic mass is 9.79. The maximum absolute atomic E-state index is 12.3. The summed E-state index contributed by atoms with van der Waals surface area (Å²) in [7, 11) is 1.98. The minimum Gasteiger partial charge on any atom is -0.348 e. The molecule has 3 aromatic rings. The van der Waals surface area contributed by atoms with E-state index in [0.717, 1.165) is 30.2 Å². The zero-order valence-electron chi connectivity index (χ0n) is 14.8. The number of rotatable bonds is 5. The number of hydrogen-bond acceptors (Lipinski definition) is 5. The average molecular weight is 351 g/mol. The fourth-order valence-electron chi connectivity index (χ4n) is 3.28. The van der Waals surface area contributed by atoms with E-state index in [1.807, 2.05) is 47.6 Å². The molecule has 8 nitrogen and oxygen atoms in total. The van der Waals surface area contributed by atoms with Gasteiger partial charge in [-0.1, -0.05) is 6.07 Å². The van der Waals surface area contributed by atoms with E-state index in [-0.39, 0.29) is 11.9 Å². The van der Waals surface area contributed by atoms with Gasteiger partial charge in [-0.25, -0.2) is 4.98 Å². The summed E-state index contributed by atoms with van der Waals surface area (Å²) < 4.78 is 3.86. The molecule has 0 aromatic carbocycles. The molecule has 1 fully saturated rings. The Labute approximate surface area is 151 Å². The predicted molar refractivity (Wildman–Crippen MR) is 94.5 cm³/mol. The maximum atomic E-state index is 12.3. The first-order chi connectivity index (χ1) is 12.6. The molecule has 3 heterocycles. The van der Waals surface area contributed by atoms with Gasteiger partial charge in [-0.15, -0.1) is 10.2 Å². The molecule has 1 aliphatic carbocycles. The van der Waals surface area contributed by atoms with Crippen molar-refractivity contribution in [2.24, 2.45) is 7.05 Å². The lowest BCUT2D eigenvalue weighted by Crippen LogP contribution is -2.44. The van der Waals surface area contributed by atoms with Gasteiger partial charge in [0.05, 0.1) is 0 Å². The zero-order chi connectivity index (χ0) is 18.1. The Morgan fingerprint density at radius 2 is 2.12 bits per heavy atom. The first-order valence-corrected chi connectivity index (χ1v) is 8.70. The largest absolute Gasteiger partial charge is 0.348 e. The third-order valence-electron chi connectivity index (χ3n) is 4.82. The molecular weight excluding hydrogens is 330 g/mol. The number of carbonyl (C=O) groups is 1. The molecule has 1 aliphatic rings. The van der Waals surface area contributed by atoms with Crippen molar-refractivity contribution in [2.75, 3.05) is 0 Å². The second-order valence-corrected chi connectivity index (χ2v) is 6.74. The highest BCUT2D eigenvalue weighted by atomic mass is 16.1. The first-order valence-electron chi connectivity index (χ1n) is 8.70. The van der Waals surface area contributed by atoms with E-state index in [1.54, 1.807) is 12.3 Å². The molecule has 8 heteroatoms. The van der Waals surface area contributed by atoms with Gasteiger partial charge in [-0.05, 0) is 38.0 Å². The summed E-state index contributed by atoms with van der Waals surface area (Å²) in [6.45, 7) is 2.48. The summed E-state index contributed by atoms with van der Waals surface area (Å²) in [6.07, 6.45) is 5.39. The van der Waals surface area contributed by atoms with Crippen LogP contribution in [-0.2, 0) is 13.6 Å². The molecule has 0 spiro atoms. The van der Waals surface area contributed by atoms with Gasteiger partial charge >= 0.3 is 0 Å². The molecule has 1 saturated carbocycles. The molecule has 26 heavy (non-hydrogen) atoms. The van der Waals surface area contributed by atoms with Crippen LogP contribution >= 0.6 is 0 Å². The summed E-state index contributed by atoms with van der Waals surface area (Å²) in [5.74, 6) is 2.04. The summed E-state index contributed by atoms with van der Waals surface area (Å²) in [4.78, 5) is 16.5. The second-order valence-electron chi connectivity index (χ2n) is 6.74. The molecular formula is C18H21N7O. The molecule has 0 aliphatic heterocycles. The van der Waals surface area contributed by atoms with Crippen LogP contribution in [-0.4, -0.2) is 41.5 Å². The molecule has 0 unspecified atom stereocenters. The number of nitrogens with zero attached hydrogens (tertiary/aromatic N) is 6. The number of aromatic nitrogens is 6. The van der Waals surface area contributed by atoms with E-state index in [4.69, 9.17) is 0 Å². The van der Waals surface area contributed by atoms with Crippen LogP contribution in [0.25, 0.3) is 0 Å². The van der Waals surface area contributed by atoms with Crippen LogP contribution in [0.2, 0.25) is 0 Å². The van der Waals surface area contributed by atoms with Crippen molar-refractivity contribution in [1.82, 2.24) is 34.8 Å². The Morgan fingerprint density at radius 1 is 1.27 bits per heavy atom. The van der Waals surface area contributed by atoms with Crippen molar-refractivity contribution < 1.29 is 4.79 Å². The normalized spacial score (nSPS) is 19.2. The molecule has 4 rings (SSSR count). The van der Waals surface area contributed by atoms with Crippen LogP contribution in [0.3, 0.4) is 0 Å². The second kappa shape index (κ2) is 6.70. The molecule has 0 radical (unpaired) electrons. The molecule has 0 bridgehead atoms. The molecule has 1 amide bonds. The summed E-state index contributed by atoms with van der Waals surface area (Å²) in [5.41, 5.74) is 1.31. The summed E-state index contributed by atoms with van der Waals surface area (Å²) in [6, 6.07) is 7.51. The monoisotopic (exact) mass is 351 g/mol. The fraction of sp³-hybridized carbons (Fsp3) is 0.389. The third kappa shape index (κ3) is 3.22. The van der Waals surface area contributed by atoms with Crippen molar-refractivity contribution in [1.29, 1.82) is 0 Å². The molecule has 0 saturated heterocycles. The standard InChI is InChI=1S/C18H21N7O/c1-12-5-3-6-15(20-12)18(26)21-14-9-13(10-14)17-23-22-16(24(17)2)11-25-8-4-7-19-25/h3-8,13-14H,9-11H2,1-2H3,(H,21,26). The van der Waals surface area contributed by atoms with E-state index in [2.05, 4.69) is 25.6 Å². The number of hydrogen-bond donors (Lipinski definition) is 1. The van der Waals surface area contributed by atoms with E-state index in [9.17, 15) is 4.79 Å². The molecule has 134 valence electrons. The number of aryl methyl sites for hydroxylation is 1. The van der Waals surface area contributed by atoms with E-state index in [1.165, 1.54) is 0 Å². The number of amides is 1. The highest BCUT2D eigenvalue weighted by Crippen LogP contribution is 2.36. The Bertz CT molecular complexity index is 910. The topological polar surface area (TPSA) is 90.5 Å². The number of nitrogens with one attached hydrogen (secondary N) is 1. The molecule has 3 aromatic heterocycles. The quantitative estimate of drug-likeness (QED) is 0.751. The fourth-order valence-corrected chi connectivity index (χ4v) is 3.28. The first kappa shape index (κ1) is 16.4. The van der Waals surface area contributed by atoms with Gasteiger partial charge in [-0.3, -0.25) is 9.48 Å².